The molecule has 0 aliphatic carbocycles. The number of benzene rings is 1. The summed E-state index contributed by atoms with van der Waals surface area (Å²) in [4.78, 5) is 0. The van der Waals surface area contributed by atoms with Gasteiger partial charge < -0.3 is 9.84 Å². The van der Waals surface area contributed by atoms with E-state index in [9.17, 15) is 10.4 Å². The third kappa shape index (κ3) is 3.32. The van der Waals surface area contributed by atoms with Crippen LogP contribution in [0.5, 0.6) is 0 Å². The molecule has 0 spiro atoms. The summed E-state index contributed by atoms with van der Waals surface area (Å²) in [5, 5.41) is 18.7. The fourth-order valence-corrected chi connectivity index (χ4v) is 2.10. The highest BCUT2D eigenvalue weighted by Gasteiger charge is 2.21. The van der Waals surface area contributed by atoms with Gasteiger partial charge in [0.15, 0.2) is 6.10 Å². The fourth-order valence-electron chi connectivity index (χ4n) is 2.10. The standard InChI is InChI=1S/C15H21NO2/c1-9-6-10(2)15(11(3)7-9)14(8-16)18-13(5)12(4)17/h6-7,12-14,17H,1-5H3. The summed E-state index contributed by atoms with van der Waals surface area (Å²) in [6.07, 6.45) is -1.59. The Kier molecular flexibility index (Phi) is 4.89. The van der Waals surface area contributed by atoms with Crippen molar-refractivity contribution in [1.82, 2.24) is 0 Å². The van der Waals surface area contributed by atoms with Crippen molar-refractivity contribution in [2.75, 3.05) is 0 Å². The molecule has 0 saturated carbocycles. The van der Waals surface area contributed by atoms with Gasteiger partial charge in [-0.3, -0.25) is 0 Å². The second kappa shape index (κ2) is 5.99. The van der Waals surface area contributed by atoms with E-state index in [1.165, 1.54) is 5.56 Å². The van der Waals surface area contributed by atoms with Gasteiger partial charge >= 0.3 is 0 Å². The zero-order valence-corrected chi connectivity index (χ0v) is 11.7. The van der Waals surface area contributed by atoms with Gasteiger partial charge in [0.1, 0.15) is 0 Å². The molecule has 1 rings (SSSR count). The van der Waals surface area contributed by atoms with Crippen molar-refractivity contribution in [3.8, 4) is 6.07 Å². The molecule has 0 fully saturated rings. The van der Waals surface area contributed by atoms with Crippen LogP contribution in [0.3, 0.4) is 0 Å². The Morgan fingerprint density at radius 2 is 1.67 bits per heavy atom. The van der Waals surface area contributed by atoms with E-state index in [0.29, 0.717) is 0 Å². The number of rotatable bonds is 4. The maximum Gasteiger partial charge on any atom is 0.170 e. The van der Waals surface area contributed by atoms with Crippen LogP contribution in [0, 0.1) is 32.1 Å². The molecule has 1 N–H and O–H groups in total. The average Bonchev–Trinajstić information content (AvgIpc) is 2.25. The summed E-state index contributed by atoms with van der Waals surface area (Å²) in [6, 6.07) is 6.26. The van der Waals surface area contributed by atoms with Gasteiger partial charge in [-0.05, 0) is 45.7 Å². The van der Waals surface area contributed by atoms with Crippen molar-refractivity contribution < 1.29 is 9.84 Å². The van der Waals surface area contributed by atoms with E-state index < -0.39 is 12.2 Å². The first-order chi connectivity index (χ1) is 8.36. The van der Waals surface area contributed by atoms with Gasteiger partial charge in [-0.1, -0.05) is 17.7 Å². The summed E-state index contributed by atoms with van der Waals surface area (Å²) in [5.74, 6) is 0. The summed E-state index contributed by atoms with van der Waals surface area (Å²) >= 11 is 0. The number of hydrogen-bond donors (Lipinski definition) is 1. The molecule has 3 nitrogen and oxygen atoms in total. The number of aliphatic hydroxyl groups excluding tert-OH is 1. The first kappa shape index (κ1) is 14.7. The monoisotopic (exact) mass is 247 g/mol. The molecule has 0 radical (unpaired) electrons. The smallest absolute Gasteiger partial charge is 0.170 e. The maximum absolute atomic E-state index is 9.46. The Balaban J connectivity index is 3.07. The zero-order valence-electron chi connectivity index (χ0n) is 11.7. The predicted molar refractivity (Wildman–Crippen MR) is 71.2 cm³/mol. The van der Waals surface area contributed by atoms with Crippen molar-refractivity contribution in [2.24, 2.45) is 0 Å². The Bertz CT molecular complexity index is 437. The lowest BCUT2D eigenvalue weighted by atomic mass is 9.96. The number of nitrogens with zero attached hydrogens (tertiary/aromatic N) is 1. The van der Waals surface area contributed by atoms with Crippen molar-refractivity contribution in [1.29, 1.82) is 5.26 Å². The Hall–Kier alpha value is -1.37. The van der Waals surface area contributed by atoms with Gasteiger partial charge in [-0.15, -0.1) is 0 Å². The van der Waals surface area contributed by atoms with Crippen LogP contribution < -0.4 is 0 Å². The lowest BCUT2D eigenvalue weighted by molar-refractivity contribution is -0.0429. The van der Waals surface area contributed by atoms with Gasteiger partial charge in [0.05, 0.1) is 18.3 Å². The van der Waals surface area contributed by atoms with Gasteiger partial charge in [0, 0.05) is 5.56 Å². The van der Waals surface area contributed by atoms with Crippen LogP contribution in [-0.2, 0) is 4.74 Å². The predicted octanol–water partition coefficient (Wildman–Crippen LogP) is 2.96. The minimum atomic E-state index is -0.629. The third-order valence-electron chi connectivity index (χ3n) is 3.15. The maximum atomic E-state index is 9.46. The lowest BCUT2D eigenvalue weighted by Crippen LogP contribution is -2.25. The van der Waals surface area contributed by atoms with Crippen LogP contribution in [0.15, 0.2) is 12.1 Å². The molecule has 0 bridgehead atoms. The molecule has 0 saturated heterocycles. The molecule has 3 heteroatoms. The Morgan fingerprint density at radius 3 is 2.06 bits per heavy atom. The van der Waals surface area contributed by atoms with Gasteiger partial charge in [0.2, 0.25) is 0 Å². The van der Waals surface area contributed by atoms with Crippen LogP contribution in [-0.4, -0.2) is 17.3 Å². The zero-order chi connectivity index (χ0) is 13.9. The Labute approximate surface area is 109 Å². The Morgan fingerprint density at radius 1 is 1.17 bits per heavy atom. The molecular formula is C15H21NO2. The normalized spacial score (nSPS) is 15.8. The highest BCUT2D eigenvalue weighted by molar-refractivity contribution is 5.41. The molecular weight excluding hydrogens is 226 g/mol. The van der Waals surface area contributed by atoms with Gasteiger partial charge in [0.25, 0.3) is 0 Å². The van der Waals surface area contributed by atoms with Crippen molar-refractivity contribution in [2.45, 2.75) is 52.9 Å². The van der Waals surface area contributed by atoms with Crippen LogP contribution in [0.1, 0.15) is 42.2 Å². The first-order valence-corrected chi connectivity index (χ1v) is 6.17. The minimum absolute atomic E-state index is 0.366. The fraction of sp³-hybridized carbons (Fsp3) is 0.533. The van der Waals surface area contributed by atoms with E-state index in [4.69, 9.17) is 4.74 Å². The molecule has 0 aliphatic rings. The van der Waals surface area contributed by atoms with E-state index in [1.807, 2.05) is 32.9 Å². The molecule has 0 amide bonds. The molecule has 3 atom stereocenters. The van der Waals surface area contributed by atoms with E-state index in [2.05, 4.69) is 6.07 Å². The summed E-state index contributed by atoms with van der Waals surface area (Å²) in [7, 11) is 0. The van der Waals surface area contributed by atoms with Crippen LogP contribution in [0.2, 0.25) is 0 Å². The van der Waals surface area contributed by atoms with E-state index in [1.54, 1.807) is 13.8 Å². The minimum Gasteiger partial charge on any atom is -0.391 e. The molecule has 0 heterocycles. The number of hydrogen-bond acceptors (Lipinski definition) is 3. The topological polar surface area (TPSA) is 53.2 Å². The van der Waals surface area contributed by atoms with E-state index in [-0.39, 0.29) is 6.10 Å². The average molecular weight is 247 g/mol. The quantitative estimate of drug-likeness (QED) is 0.890. The van der Waals surface area contributed by atoms with Crippen LogP contribution >= 0.6 is 0 Å². The second-order valence-electron chi connectivity index (χ2n) is 4.90. The number of ether oxygens (including phenoxy) is 1. The molecule has 1 aromatic rings. The lowest BCUT2D eigenvalue weighted by Gasteiger charge is -2.22. The molecule has 3 unspecified atom stereocenters. The van der Waals surface area contributed by atoms with Crippen molar-refractivity contribution in [3.63, 3.8) is 0 Å². The SMILES string of the molecule is Cc1cc(C)c(C(C#N)OC(C)C(C)O)c(C)c1. The van der Waals surface area contributed by atoms with Gasteiger partial charge in [-0.25, -0.2) is 0 Å². The highest BCUT2D eigenvalue weighted by Crippen LogP contribution is 2.27. The van der Waals surface area contributed by atoms with Gasteiger partial charge in [-0.2, -0.15) is 5.26 Å². The third-order valence-corrected chi connectivity index (χ3v) is 3.15. The molecule has 18 heavy (non-hydrogen) atoms. The largest absolute Gasteiger partial charge is 0.391 e. The van der Waals surface area contributed by atoms with Crippen LogP contribution in [0.25, 0.3) is 0 Å². The van der Waals surface area contributed by atoms with E-state index >= 15 is 0 Å². The second-order valence-corrected chi connectivity index (χ2v) is 4.90. The number of aryl methyl sites for hydroxylation is 3. The molecule has 0 aromatic heterocycles. The van der Waals surface area contributed by atoms with Crippen LogP contribution in [0.4, 0.5) is 0 Å². The number of nitriles is 1. The summed E-state index contributed by atoms with van der Waals surface area (Å²) in [6.45, 7) is 9.43. The highest BCUT2D eigenvalue weighted by atomic mass is 16.5. The van der Waals surface area contributed by atoms with E-state index in [0.717, 1.165) is 16.7 Å². The molecule has 98 valence electrons. The molecule has 0 aliphatic heterocycles. The van der Waals surface area contributed by atoms with Crippen molar-refractivity contribution >= 4 is 0 Å². The summed E-state index contributed by atoms with van der Waals surface area (Å²) in [5.41, 5.74) is 4.19. The van der Waals surface area contributed by atoms with Crippen molar-refractivity contribution in [3.05, 3.63) is 34.4 Å². The number of aliphatic hydroxyl groups is 1. The molecule has 1 aromatic carbocycles. The summed E-state index contributed by atoms with van der Waals surface area (Å²) < 4.78 is 5.64. The first-order valence-electron chi connectivity index (χ1n) is 6.17.